The maximum absolute atomic E-state index is 5.12. The third kappa shape index (κ3) is 6.26. The van der Waals surface area contributed by atoms with E-state index in [-0.39, 0.29) is 0 Å². The van der Waals surface area contributed by atoms with Gasteiger partial charge in [0.2, 0.25) is 0 Å². The lowest BCUT2D eigenvalue weighted by molar-refractivity contribution is 1.18. The number of hydrogen-bond donors (Lipinski definition) is 0. The van der Waals surface area contributed by atoms with E-state index in [1.54, 1.807) is 0 Å². The normalized spacial score (nSPS) is 11.6. The molecule has 0 saturated carbocycles. The van der Waals surface area contributed by atoms with Gasteiger partial charge in [-0.2, -0.15) is 0 Å². The number of fused-ring (bicyclic) bond motifs is 7. The quantitative estimate of drug-likeness (QED) is 0.124. The average molecular weight is 793 g/mol. The molecule has 0 radical (unpaired) electrons. The minimum Gasteiger partial charge on any atom is -0.228 e. The van der Waals surface area contributed by atoms with Gasteiger partial charge in [-0.25, -0.2) is 9.97 Å². The largest absolute Gasteiger partial charge is 0.228 e. The van der Waals surface area contributed by atoms with Crippen molar-refractivity contribution in [3.8, 4) is 67.3 Å². The fourth-order valence-corrected chi connectivity index (χ4v) is 10.1. The Balaban J connectivity index is 0.876. The molecular weight excluding hydrogens is 757 g/mol. The van der Waals surface area contributed by atoms with Crippen LogP contribution in [0, 0.1) is 0 Å². The molecule has 0 bridgehead atoms. The molecule has 12 aromatic rings. The second-order valence-corrected chi connectivity index (χ2v) is 16.8. The van der Waals surface area contributed by atoms with Crippen LogP contribution in [0.25, 0.3) is 120 Å². The molecule has 0 aliphatic carbocycles. The molecule has 0 saturated heterocycles. The molecule has 0 N–H and O–H groups in total. The summed E-state index contributed by atoms with van der Waals surface area (Å²) in [5.41, 5.74) is 12.1. The van der Waals surface area contributed by atoms with Gasteiger partial charge >= 0.3 is 0 Å². The molecule has 61 heavy (non-hydrogen) atoms. The second-order valence-electron chi connectivity index (χ2n) is 15.7. The van der Waals surface area contributed by atoms with Gasteiger partial charge in [-0.1, -0.05) is 188 Å². The first-order chi connectivity index (χ1) is 30.2. The zero-order chi connectivity index (χ0) is 40.3. The molecule has 0 spiro atoms. The Hall–Kier alpha value is -7.72. The van der Waals surface area contributed by atoms with Crippen LogP contribution >= 0.6 is 11.3 Å². The minimum atomic E-state index is 0.709. The number of rotatable bonds is 6. The molecule has 10 aromatic carbocycles. The molecule has 0 aliphatic rings. The molecule has 3 heteroatoms. The minimum absolute atomic E-state index is 0.709. The molecule has 2 aromatic heterocycles. The van der Waals surface area contributed by atoms with E-state index in [0.717, 1.165) is 33.6 Å². The van der Waals surface area contributed by atoms with Crippen molar-refractivity contribution >= 4 is 63.8 Å². The monoisotopic (exact) mass is 792 g/mol. The topological polar surface area (TPSA) is 25.8 Å². The molecule has 0 unspecified atom stereocenters. The van der Waals surface area contributed by atoms with Gasteiger partial charge in [0.05, 0.1) is 11.4 Å². The van der Waals surface area contributed by atoms with Crippen LogP contribution in [-0.4, -0.2) is 9.97 Å². The zero-order valence-electron chi connectivity index (χ0n) is 33.1. The van der Waals surface area contributed by atoms with Gasteiger partial charge < -0.3 is 0 Å². The van der Waals surface area contributed by atoms with E-state index < -0.39 is 0 Å². The van der Waals surface area contributed by atoms with E-state index in [1.807, 2.05) is 29.5 Å². The maximum Gasteiger partial charge on any atom is 0.160 e. The molecule has 0 atom stereocenters. The lowest BCUT2D eigenvalue weighted by Gasteiger charge is -2.14. The summed E-state index contributed by atoms with van der Waals surface area (Å²) in [6, 6.07) is 78.8. The fourth-order valence-electron chi connectivity index (χ4n) is 8.99. The zero-order valence-corrected chi connectivity index (χ0v) is 33.9. The summed E-state index contributed by atoms with van der Waals surface area (Å²) in [7, 11) is 0. The second kappa shape index (κ2) is 14.5. The Morgan fingerprint density at radius 3 is 1.49 bits per heavy atom. The van der Waals surface area contributed by atoms with Crippen molar-refractivity contribution < 1.29 is 0 Å². The molecule has 2 heterocycles. The van der Waals surface area contributed by atoms with E-state index >= 15 is 0 Å². The summed E-state index contributed by atoms with van der Waals surface area (Å²) in [6.07, 6.45) is 0. The molecular formula is C58H36N2S. The summed E-state index contributed by atoms with van der Waals surface area (Å²) in [5, 5.41) is 10.2. The predicted octanol–water partition coefficient (Wildman–Crippen LogP) is 16.3. The van der Waals surface area contributed by atoms with Crippen molar-refractivity contribution in [2.45, 2.75) is 0 Å². The summed E-state index contributed by atoms with van der Waals surface area (Å²) in [4.78, 5) is 10.2. The third-order valence-corrected chi connectivity index (χ3v) is 13.3. The van der Waals surface area contributed by atoms with Crippen molar-refractivity contribution in [2.24, 2.45) is 0 Å². The first kappa shape index (κ1) is 35.2. The third-order valence-electron chi connectivity index (χ3n) is 12.1. The van der Waals surface area contributed by atoms with Gasteiger partial charge in [0.15, 0.2) is 5.82 Å². The van der Waals surface area contributed by atoms with Crippen molar-refractivity contribution in [3.05, 3.63) is 218 Å². The van der Waals surface area contributed by atoms with E-state index in [2.05, 4.69) is 200 Å². The van der Waals surface area contributed by atoms with Gasteiger partial charge in [-0.05, 0) is 96.0 Å². The number of aromatic nitrogens is 2. The Morgan fingerprint density at radius 1 is 0.262 bits per heavy atom. The first-order valence-electron chi connectivity index (χ1n) is 20.7. The highest BCUT2D eigenvalue weighted by Gasteiger charge is 2.15. The highest BCUT2D eigenvalue weighted by Crippen LogP contribution is 2.41. The van der Waals surface area contributed by atoms with Crippen LogP contribution in [0.2, 0.25) is 0 Å². The summed E-state index contributed by atoms with van der Waals surface area (Å²) in [5.74, 6) is 0.709. The van der Waals surface area contributed by atoms with E-state index in [4.69, 9.17) is 9.97 Å². The lowest BCUT2D eigenvalue weighted by Crippen LogP contribution is -1.96. The Kier molecular flexibility index (Phi) is 8.39. The standard InChI is InChI=1S/C58H36N2S/c1-2-11-44(12-3-1)58-59-53(36-54(60-58)42-26-20-39(21-27-42)45-31-33-56-52(34-45)49-16-8-9-17-55(49)61-56)41-24-18-37(19-25-41)38-22-28-43(29-23-38)57-48-15-7-5-13-46(48)35-51-47-14-6-4-10-40(47)30-32-50(51)57/h1-36H. The fraction of sp³-hybridized carbons (Fsp3) is 0. The Bertz CT molecular complexity index is 3610. The van der Waals surface area contributed by atoms with E-state index in [9.17, 15) is 0 Å². The highest BCUT2D eigenvalue weighted by molar-refractivity contribution is 7.25. The van der Waals surface area contributed by atoms with Crippen LogP contribution in [0.4, 0.5) is 0 Å². The predicted molar refractivity (Wildman–Crippen MR) is 260 cm³/mol. The highest BCUT2D eigenvalue weighted by atomic mass is 32.1. The van der Waals surface area contributed by atoms with Crippen LogP contribution in [0.15, 0.2) is 218 Å². The molecule has 12 rings (SSSR count). The Labute approximate surface area is 357 Å². The van der Waals surface area contributed by atoms with Gasteiger partial charge in [0, 0.05) is 36.9 Å². The number of benzene rings is 10. The van der Waals surface area contributed by atoms with E-state index in [0.29, 0.717) is 5.82 Å². The van der Waals surface area contributed by atoms with Crippen LogP contribution in [0.3, 0.4) is 0 Å². The van der Waals surface area contributed by atoms with Gasteiger partial charge in [-0.3, -0.25) is 0 Å². The van der Waals surface area contributed by atoms with Crippen LogP contribution in [0.1, 0.15) is 0 Å². The first-order valence-corrected chi connectivity index (χ1v) is 21.5. The van der Waals surface area contributed by atoms with E-state index in [1.165, 1.54) is 80.3 Å². The van der Waals surface area contributed by atoms with Gasteiger partial charge in [0.1, 0.15) is 0 Å². The molecule has 0 amide bonds. The summed E-state index contributed by atoms with van der Waals surface area (Å²) < 4.78 is 2.64. The lowest BCUT2D eigenvalue weighted by atomic mass is 9.89. The molecule has 284 valence electrons. The summed E-state index contributed by atoms with van der Waals surface area (Å²) >= 11 is 1.85. The maximum atomic E-state index is 5.12. The molecule has 0 aliphatic heterocycles. The number of hydrogen-bond acceptors (Lipinski definition) is 3. The number of thiophene rings is 1. The van der Waals surface area contributed by atoms with Gasteiger partial charge in [0.25, 0.3) is 0 Å². The average Bonchev–Trinajstić information content (AvgIpc) is 3.72. The van der Waals surface area contributed by atoms with Crippen LogP contribution < -0.4 is 0 Å². The number of nitrogens with zero attached hydrogens (tertiary/aromatic N) is 2. The Morgan fingerprint density at radius 2 is 0.787 bits per heavy atom. The van der Waals surface area contributed by atoms with Crippen molar-refractivity contribution in [1.82, 2.24) is 9.97 Å². The van der Waals surface area contributed by atoms with Crippen LogP contribution in [-0.2, 0) is 0 Å². The van der Waals surface area contributed by atoms with Crippen molar-refractivity contribution in [2.75, 3.05) is 0 Å². The van der Waals surface area contributed by atoms with Crippen molar-refractivity contribution in [1.29, 1.82) is 0 Å². The van der Waals surface area contributed by atoms with Gasteiger partial charge in [-0.15, -0.1) is 11.3 Å². The molecule has 2 nitrogen and oxygen atoms in total. The SMILES string of the molecule is c1ccc(-c2nc(-c3ccc(-c4ccc(-c5c6ccccc6cc6c5ccc5ccccc56)cc4)cc3)cc(-c3ccc(-c4ccc5sc6ccccc6c5c4)cc3)n2)cc1. The smallest absolute Gasteiger partial charge is 0.160 e. The van der Waals surface area contributed by atoms with Crippen molar-refractivity contribution in [3.63, 3.8) is 0 Å². The summed E-state index contributed by atoms with van der Waals surface area (Å²) in [6.45, 7) is 0. The molecule has 0 fully saturated rings. The van der Waals surface area contributed by atoms with Crippen LogP contribution in [0.5, 0.6) is 0 Å².